The minimum Gasteiger partial charge on any atom is -0.309 e. The second-order valence-corrected chi connectivity index (χ2v) is 9.01. The van der Waals surface area contributed by atoms with Crippen molar-refractivity contribution in [3.63, 3.8) is 0 Å². The Morgan fingerprint density at radius 1 is 1.38 bits per heavy atom. The molecule has 5 heteroatoms. The Kier molecular flexibility index (Phi) is 3.57. The number of hydrogen-bond acceptors (Lipinski definition) is 4. The van der Waals surface area contributed by atoms with Crippen LogP contribution in [0.5, 0.6) is 0 Å². The molecule has 3 nitrogen and oxygen atoms in total. The maximum Gasteiger partial charge on any atom is 0.151 e. The van der Waals surface area contributed by atoms with Gasteiger partial charge in [-0.25, -0.2) is 8.42 Å². The Bertz CT molecular complexity index is 351. The highest BCUT2D eigenvalue weighted by Gasteiger charge is 2.36. The molecule has 0 aromatic carbocycles. The average molecular weight is 263 g/mol. The molecule has 0 aromatic rings. The fourth-order valence-electron chi connectivity index (χ4n) is 2.42. The van der Waals surface area contributed by atoms with Crippen LogP contribution in [0.25, 0.3) is 0 Å². The van der Waals surface area contributed by atoms with Gasteiger partial charge in [-0.2, -0.15) is 11.8 Å². The first kappa shape index (κ1) is 12.7. The molecule has 2 rings (SSSR count). The second kappa shape index (κ2) is 4.50. The largest absolute Gasteiger partial charge is 0.309 e. The van der Waals surface area contributed by atoms with Crippen molar-refractivity contribution in [2.75, 3.05) is 23.0 Å². The summed E-state index contributed by atoms with van der Waals surface area (Å²) in [5.41, 5.74) is 0.303. The lowest BCUT2D eigenvalue weighted by Crippen LogP contribution is -2.51. The third-order valence-corrected chi connectivity index (χ3v) is 6.62. The SMILES string of the molecule is CC1(C)CCSCC1NC1CCS(=O)(=O)C1. The minimum atomic E-state index is -2.75. The topological polar surface area (TPSA) is 46.2 Å². The fraction of sp³-hybridized carbons (Fsp3) is 1.00. The predicted octanol–water partition coefficient (Wildman–Crippen LogP) is 1.29. The lowest BCUT2D eigenvalue weighted by Gasteiger charge is -2.40. The van der Waals surface area contributed by atoms with Gasteiger partial charge in [-0.15, -0.1) is 0 Å². The molecular formula is C11H21NO2S2. The first-order valence-electron chi connectivity index (χ1n) is 5.93. The lowest BCUT2D eigenvalue weighted by molar-refractivity contribution is 0.232. The summed E-state index contributed by atoms with van der Waals surface area (Å²) in [5, 5.41) is 3.56. The van der Waals surface area contributed by atoms with E-state index in [9.17, 15) is 8.42 Å². The number of hydrogen-bond donors (Lipinski definition) is 1. The quantitative estimate of drug-likeness (QED) is 0.815. The Morgan fingerprint density at radius 2 is 2.12 bits per heavy atom. The molecule has 2 fully saturated rings. The van der Waals surface area contributed by atoms with E-state index in [-0.39, 0.29) is 6.04 Å². The Morgan fingerprint density at radius 3 is 2.69 bits per heavy atom. The molecule has 0 amide bonds. The van der Waals surface area contributed by atoms with Crippen LogP contribution in [0, 0.1) is 5.41 Å². The molecule has 2 atom stereocenters. The van der Waals surface area contributed by atoms with Gasteiger partial charge < -0.3 is 5.32 Å². The summed E-state index contributed by atoms with van der Waals surface area (Å²) in [7, 11) is -2.75. The van der Waals surface area contributed by atoms with Crippen LogP contribution in [0.15, 0.2) is 0 Å². The van der Waals surface area contributed by atoms with Gasteiger partial charge in [0.15, 0.2) is 9.84 Å². The van der Waals surface area contributed by atoms with Gasteiger partial charge >= 0.3 is 0 Å². The Hall–Kier alpha value is 0.260. The third-order valence-electron chi connectivity index (χ3n) is 3.79. The van der Waals surface area contributed by atoms with Crippen molar-refractivity contribution < 1.29 is 8.42 Å². The molecule has 0 saturated carbocycles. The number of sulfone groups is 1. The monoisotopic (exact) mass is 263 g/mol. The normalized spacial score (nSPS) is 37.4. The van der Waals surface area contributed by atoms with E-state index in [4.69, 9.17) is 0 Å². The average Bonchev–Trinajstić information content (AvgIpc) is 2.49. The molecule has 2 unspecified atom stereocenters. The van der Waals surface area contributed by atoms with Crippen molar-refractivity contribution in [1.29, 1.82) is 0 Å². The van der Waals surface area contributed by atoms with Crippen molar-refractivity contribution in [1.82, 2.24) is 5.32 Å². The standard InChI is InChI=1S/C11H21NO2S2/c1-11(2)4-5-15-7-10(11)12-9-3-6-16(13,14)8-9/h9-10,12H,3-8H2,1-2H3. The molecule has 16 heavy (non-hydrogen) atoms. The van der Waals surface area contributed by atoms with Gasteiger partial charge in [-0.1, -0.05) is 13.8 Å². The molecule has 2 heterocycles. The van der Waals surface area contributed by atoms with E-state index < -0.39 is 9.84 Å². The highest BCUT2D eigenvalue weighted by molar-refractivity contribution is 7.99. The van der Waals surface area contributed by atoms with E-state index in [0.717, 1.165) is 12.2 Å². The fourth-order valence-corrected chi connectivity index (χ4v) is 5.73. The maximum atomic E-state index is 11.4. The summed E-state index contributed by atoms with van der Waals surface area (Å²) in [5.74, 6) is 3.05. The van der Waals surface area contributed by atoms with E-state index in [0.29, 0.717) is 23.0 Å². The van der Waals surface area contributed by atoms with Crippen molar-refractivity contribution in [2.45, 2.75) is 38.8 Å². The summed E-state index contributed by atoms with van der Waals surface area (Å²) in [4.78, 5) is 0. The van der Waals surface area contributed by atoms with E-state index in [2.05, 4.69) is 19.2 Å². The van der Waals surface area contributed by atoms with Crippen molar-refractivity contribution >= 4 is 21.6 Å². The Labute approximate surface area is 103 Å². The van der Waals surface area contributed by atoms with Crippen LogP contribution in [-0.4, -0.2) is 43.5 Å². The van der Waals surface area contributed by atoms with Crippen LogP contribution in [0.2, 0.25) is 0 Å². The number of thioether (sulfide) groups is 1. The lowest BCUT2D eigenvalue weighted by atomic mass is 9.82. The number of rotatable bonds is 2. The zero-order valence-corrected chi connectivity index (χ0v) is 11.7. The molecule has 94 valence electrons. The summed E-state index contributed by atoms with van der Waals surface area (Å²) in [6, 6.07) is 0.650. The first-order valence-corrected chi connectivity index (χ1v) is 8.91. The van der Waals surface area contributed by atoms with Crippen LogP contribution >= 0.6 is 11.8 Å². The van der Waals surface area contributed by atoms with Gasteiger partial charge in [0.2, 0.25) is 0 Å². The second-order valence-electron chi connectivity index (χ2n) is 5.63. The molecule has 0 radical (unpaired) electrons. The smallest absolute Gasteiger partial charge is 0.151 e. The van der Waals surface area contributed by atoms with E-state index in [1.165, 1.54) is 12.2 Å². The molecule has 0 aromatic heterocycles. The van der Waals surface area contributed by atoms with Gasteiger partial charge in [0.25, 0.3) is 0 Å². The molecule has 2 aliphatic heterocycles. The minimum absolute atomic E-state index is 0.188. The van der Waals surface area contributed by atoms with Crippen molar-refractivity contribution in [2.24, 2.45) is 5.41 Å². The highest BCUT2D eigenvalue weighted by atomic mass is 32.2. The maximum absolute atomic E-state index is 11.4. The molecule has 2 saturated heterocycles. The van der Waals surface area contributed by atoms with Gasteiger partial charge in [-0.3, -0.25) is 0 Å². The highest BCUT2D eigenvalue weighted by Crippen LogP contribution is 2.34. The van der Waals surface area contributed by atoms with Crippen molar-refractivity contribution in [3.05, 3.63) is 0 Å². The molecule has 0 bridgehead atoms. The molecular weight excluding hydrogens is 242 g/mol. The van der Waals surface area contributed by atoms with Crippen molar-refractivity contribution in [3.8, 4) is 0 Å². The Balaban J connectivity index is 1.94. The summed E-state index contributed by atoms with van der Waals surface area (Å²) in [6.07, 6.45) is 2.01. The van der Waals surface area contributed by atoms with Gasteiger partial charge in [0.05, 0.1) is 11.5 Å². The van der Waals surface area contributed by atoms with E-state index in [1.54, 1.807) is 0 Å². The van der Waals surface area contributed by atoms with E-state index in [1.807, 2.05) is 11.8 Å². The first-order chi connectivity index (χ1) is 7.39. The van der Waals surface area contributed by atoms with Gasteiger partial charge in [0, 0.05) is 17.8 Å². The zero-order chi connectivity index (χ0) is 11.8. The van der Waals surface area contributed by atoms with Crippen LogP contribution in [-0.2, 0) is 9.84 Å². The summed E-state index contributed by atoms with van der Waals surface area (Å²) < 4.78 is 22.8. The van der Waals surface area contributed by atoms with E-state index >= 15 is 0 Å². The van der Waals surface area contributed by atoms with Crippen LogP contribution in [0.4, 0.5) is 0 Å². The molecule has 2 aliphatic rings. The van der Waals surface area contributed by atoms with Gasteiger partial charge in [0.1, 0.15) is 0 Å². The summed E-state index contributed by atoms with van der Waals surface area (Å²) >= 11 is 1.98. The third kappa shape index (κ3) is 2.93. The summed E-state index contributed by atoms with van der Waals surface area (Å²) in [6.45, 7) is 4.57. The predicted molar refractivity (Wildman–Crippen MR) is 69.7 cm³/mol. The zero-order valence-electron chi connectivity index (χ0n) is 10.0. The molecule has 1 N–H and O–H groups in total. The molecule has 0 spiro atoms. The van der Waals surface area contributed by atoms with Crippen LogP contribution in [0.1, 0.15) is 26.7 Å². The number of nitrogens with one attached hydrogen (secondary N) is 1. The molecule has 0 aliphatic carbocycles. The van der Waals surface area contributed by atoms with Crippen LogP contribution in [0.3, 0.4) is 0 Å². The van der Waals surface area contributed by atoms with Crippen LogP contribution < -0.4 is 5.32 Å². The van der Waals surface area contributed by atoms with Gasteiger partial charge in [-0.05, 0) is 24.0 Å².